The summed E-state index contributed by atoms with van der Waals surface area (Å²) in [6.07, 6.45) is 6.55. The van der Waals surface area contributed by atoms with Crippen molar-refractivity contribution in [3.63, 3.8) is 0 Å². The Kier molecular flexibility index (Phi) is 7.44. The number of benzene rings is 1. The van der Waals surface area contributed by atoms with Crippen molar-refractivity contribution < 1.29 is 9.84 Å². The van der Waals surface area contributed by atoms with Gasteiger partial charge in [0.25, 0.3) is 0 Å². The van der Waals surface area contributed by atoms with Crippen LogP contribution >= 0.6 is 0 Å². The van der Waals surface area contributed by atoms with Crippen molar-refractivity contribution in [2.45, 2.75) is 38.7 Å². The van der Waals surface area contributed by atoms with Crippen LogP contribution in [0.15, 0.2) is 30.5 Å². The summed E-state index contributed by atoms with van der Waals surface area (Å²) in [7, 11) is 1.66. The first-order chi connectivity index (χ1) is 13.2. The number of β-amino-alcohol motifs (C(OH)–C–C–N with tert-alkyl or cyclic N) is 1. The van der Waals surface area contributed by atoms with E-state index in [9.17, 15) is 5.11 Å². The summed E-state index contributed by atoms with van der Waals surface area (Å²) < 4.78 is 5.34. The highest BCUT2D eigenvalue weighted by Crippen LogP contribution is 2.27. The van der Waals surface area contributed by atoms with Crippen molar-refractivity contribution in [2.24, 2.45) is 0 Å². The summed E-state index contributed by atoms with van der Waals surface area (Å²) in [6, 6.07) is 7.75. The molecule has 1 unspecified atom stereocenters. The quantitative estimate of drug-likeness (QED) is 0.684. The first kappa shape index (κ1) is 20.1. The summed E-state index contributed by atoms with van der Waals surface area (Å²) in [5.41, 5.74) is 1.82. The van der Waals surface area contributed by atoms with Gasteiger partial charge in [0.2, 0.25) is 0 Å². The zero-order valence-electron chi connectivity index (χ0n) is 16.7. The highest BCUT2D eigenvalue weighted by atomic mass is 16.5. The average molecular weight is 372 g/mol. The zero-order chi connectivity index (χ0) is 19.1. The van der Waals surface area contributed by atoms with E-state index in [0.717, 1.165) is 48.4 Å². The highest BCUT2D eigenvalue weighted by molar-refractivity contribution is 5.83. The minimum Gasteiger partial charge on any atom is -0.497 e. The van der Waals surface area contributed by atoms with Crippen LogP contribution in [0.3, 0.4) is 0 Å². The number of aliphatic hydroxyl groups is 1. The molecule has 27 heavy (non-hydrogen) atoms. The van der Waals surface area contributed by atoms with Crippen molar-refractivity contribution in [1.82, 2.24) is 14.8 Å². The predicted molar refractivity (Wildman–Crippen MR) is 110 cm³/mol. The molecule has 0 bridgehead atoms. The van der Waals surface area contributed by atoms with Gasteiger partial charge in [0.05, 0.1) is 18.7 Å². The topological polar surface area (TPSA) is 48.8 Å². The number of unbranched alkanes of at least 4 members (excludes halogenated alkanes) is 3. The molecule has 0 amide bonds. The largest absolute Gasteiger partial charge is 0.497 e. The maximum Gasteiger partial charge on any atom is 0.119 e. The second-order valence-electron chi connectivity index (χ2n) is 7.50. The summed E-state index contributed by atoms with van der Waals surface area (Å²) in [5.74, 6) is 0.792. The molecule has 2 aromatic rings. The Bertz CT molecular complexity index is 714. The molecular formula is C22H33N3O2. The van der Waals surface area contributed by atoms with Crippen molar-refractivity contribution in [3.8, 4) is 5.75 Å². The minimum absolute atomic E-state index is 0.515. The maximum atomic E-state index is 10.9. The van der Waals surface area contributed by atoms with E-state index in [0.29, 0.717) is 6.54 Å². The summed E-state index contributed by atoms with van der Waals surface area (Å²) >= 11 is 0. The number of ether oxygens (including phenoxy) is 1. The molecule has 0 spiro atoms. The van der Waals surface area contributed by atoms with Crippen LogP contribution in [0, 0.1) is 0 Å². The van der Waals surface area contributed by atoms with E-state index in [1.807, 2.05) is 24.3 Å². The number of aromatic nitrogens is 1. The van der Waals surface area contributed by atoms with Crippen molar-refractivity contribution in [3.05, 3.63) is 36.0 Å². The molecule has 5 heteroatoms. The molecule has 1 saturated heterocycles. The van der Waals surface area contributed by atoms with E-state index in [1.54, 1.807) is 13.3 Å². The van der Waals surface area contributed by atoms with E-state index < -0.39 is 6.10 Å². The van der Waals surface area contributed by atoms with Gasteiger partial charge in [-0.2, -0.15) is 0 Å². The van der Waals surface area contributed by atoms with Crippen LogP contribution < -0.4 is 4.74 Å². The molecule has 2 heterocycles. The van der Waals surface area contributed by atoms with Crippen molar-refractivity contribution in [1.29, 1.82) is 0 Å². The van der Waals surface area contributed by atoms with E-state index in [4.69, 9.17) is 4.74 Å². The van der Waals surface area contributed by atoms with E-state index in [1.165, 1.54) is 32.2 Å². The molecule has 0 aliphatic carbocycles. The summed E-state index contributed by atoms with van der Waals surface area (Å²) in [6.45, 7) is 8.39. The third kappa shape index (κ3) is 5.41. The van der Waals surface area contributed by atoms with Crippen LogP contribution in [0.2, 0.25) is 0 Å². The fourth-order valence-electron chi connectivity index (χ4n) is 3.86. The molecule has 0 radical (unpaired) electrons. The lowest BCUT2D eigenvalue weighted by atomic mass is 10.0. The number of aliphatic hydroxyl groups excluding tert-OH is 1. The average Bonchev–Trinajstić information content (AvgIpc) is 2.71. The number of nitrogens with zero attached hydrogens (tertiary/aromatic N) is 3. The molecule has 5 nitrogen and oxygen atoms in total. The molecule has 1 aliphatic heterocycles. The van der Waals surface area contributed by atoms with Gasteiger partial charge in [-0.3, -0.25) is 9.88 Å². The number of hydrogen-bond acceptors (Lipinski definition) is 5. The fourth-order valence-corrected chi connectivity index (χ4v) is 3.86. The standard InChI is InChI=1S/C22H33N3O2/c1-3-4-5-6-11-24-12-14-25(15-13-24)17-22(26)19-9-10-23-21-8-7-18(27-2)16-20(19)21/h7-10,16,22,26H,3-6,11-15,17H2,1-2H3. The van der Waals surface area contributed by atoms with Crippen LogP contribution in [0.5, 0.6) is 5.75 Å². The van der Waals surface area contributed by atoms with Gasteiger partial charge in [0.15, 0.2) is 0 Å². The van der Waals surface area contributed by atoms with Gasteiger partial charge < -0.3 is 14.7 Å². The zero-order valence-corrected chi connectivity index (χ0v) is 16.7. The number of piperazine rings is 1. The molecule has 1 fully saturated rings. The van der Waals surface area contributed by atoms with Crippen LogP contribution in [0.25, 0.3) is 10.9 Å². The molecule has 1 N–H and O–H groups in total. The Morgan fingerprint density at radius 3 is 2.59 bits per heavy atom. The molecule has 1 aliphatic rings. The van der Waals surface area contributed by atoms with Gasteiger partial charge in [-0.15, -0.1) is 0 Å². The van der Waals surface area contributed by atoms with Crippen LogP contribution in [-0.4, -0.2) is 66.3 Å². The van der Waals surface area contributed by atoms with E-state index in [2.05, 4.69) is 21.7 Å². The summed E-state index contributed by atoms with van der Waals surface area (Å²) in [4.78, 5) is 9.35. The number of rotatable bonds is 9. The number of fused-ring (bicyclic) bond motifs is 1. The van der Waals surface area contributed by atoms with Gasteiger partial charge >= 0.3 is 0 Å². The predicted octanol–water partition coefficient (Wildman–Crippen LogP) is 3.47. The van der Waals surface area contributed by atoms with Gasteiger partial charge in [-0.05, 0) is 42.8 Å². The summed E-state index contributed by atoms with van der Waals surface area (Å²) in [5, 5.41) is 11.8. The minimum atomic E-state index is -0.515. The SMILES string of the molecule is CCCCCCN1CCN(CC(O)c2ccnc3ccc(OC)cc23)CC1. The number of hydrogen-bond donors (Lipinski definition) is 1. The Hall–Kier alpha value is -1.69. The molecule has 3 rings (SSSR count). The lowest BCUT2D eigenvalue weighted by molar-refractivity contribution is 0.0726. The molecular weight excluding hydrogens is 338 g/mol. The third-order valence-electron chi connectivity index (χ3n) is 5.57. The Balaban J connectivity index is 1.55. The first-order valence-electron chi connectivity index (χ1n) is 10.3. The number of pyridine rings is 1. The Labute approximate surface area is 162 Å². The van der Waals surface area contributed by atoms with E-state index in [-0.39, 0.29) is 0 Å². The second-order valence-corrected chi connectivity index (χ2v) is 7.50. The van der Waals surface area contributed by atoms with Crippen LogP contribution in [-0.2, 0) is 0 Å². The third-order valence-corrected chi connectivity index (χ3v) is 5.57. The molecule has 1 atom stereocenters. The normalized spacial score (nSPS) is 17.3. The second kappa shape index (κ2) is 10.0. The van der Waals surface area contributed by atoms with Crippen molar-refractivity contribution in [2.75, 3.05) is 46.4 Å². The van der Waals surface area contributed by atoms with Gasteiger partial charge in [-0.1, -0.05) is 26.2 Å². The number of methoxy groups -OCH3 is 1. The maximum absolute atomic E-state index is 10.9. The fraction of sp³-hybridized carbons (Fsp3) is 0.591. The molecule has 148 valence electrons. The van der Waals surface area contributed by atoms with Gasteiger partial charge in [0.1, 0.15) is 5.75 Å². The lowest BCUT2D eigenvalue weighted by Crippen LogP contribution is -2.47. The van der Waals surface area contributed by atoms with Crippen molar-refractivity contribution >= 4 is 10.9 Å². The monoisotopic (exact) mass is 371 g/mol. The van der Waals surface area contributed by atoms with Crippen LogP contribution in [0.1, 0.15) is 44.3 Å². The molecule has 0 saturated carbocycles. The van der Waals surface area contributed by atoms with Crippen LogP contribution in [0.4, 0.5) is 0 Å². The van der Waals surface area contributed by atoms with Gasteiger partial charge in [0, 0.05) is 44.3 Å². The molecule has 1 aromatic carbocycles. The smallest absolute Gasteiger partial charge is 0.119 e. The Morgan fingerprint density at radius 1 is 1.07 bits per heavy atom. The van der Waals surface area contributed by atoms with Gasteiger partial charge in [-0.25, -0.2) is 0 Å². The first-order valence-corrected chi connectivity index (χ1v) is 10.3. The Morgan fingerprint density at radius 2 is 1.85 bits per heavy atom. The lowest BCUT2D eigenvalue weighted by Gasteiger charge is -2.35. The highest BCUT2D eigenvalue weighted by Gasteiger charge is 2.21. The molecule has 1 aromatic heterocycles. The van der Waals surface area contributed by atoms with E-state index >= 15 is 0 Å².